The molecule has 0 unspecified atom stereocenters. The van der Waals surface area contributed by atoms with Gasteiger partial charge in [-0.1, -0.05) is 12.1 Å². The molecule has 4 heterocycles. The van der Waals surface area contributed by atoms with E-state index in [0.29, 0.717) is 31.2 Å². The number of rotatable bonds is 5. The topological polar surface area (TPSA) is 109 Å². The second kappa shape index (κ2) is 8.87. The predicted octanol–water partition coefficient (Wildman–Crippen LogP) is 1.89. The van der Waals surface area contributed by atoms with Gasteiger partial charge in [0.2, 0.25) is 5.88 Å². The Hall–Kier alpha value is -3.53. The van der Waals surface area contributed by atoms with Crippen LogP contribution in [0, 0.1) is 0 Å². The number of amides is 2. The van der Waals surface area contributed by atoms with Crippen LogP contribution in [0.1, 0.15) is 16.8 Å². The SMILES string of the molecule is COc1ccc(CNC(=O)C(=O)N2CCc3ccc(Nc4nccs4)nc3C2)cn1. The molecule has 0 saturated heterocycles. The van der Waals surface area contributed by atoms with Crippen LogP contribution in [-0.4, -0.2) is 45.3 Å². The first-order chi connectivity index (χ1) is 14.6. The van der Waals surface area contributed by atoms with Crippen LogP contribution in [0.15, 0.2) is 42.0 Å². The van der Waals surface area contributed by atoms with Crippen molar-refractivity contribution in [1.29, 1.82) is 0 Å². The Morgan fingerprint density at radius 2 is 2.13 bits per heavy atom. The normalized spacial score (nSPS) is 12.8. The number of nitrogens with one attached hydrogen (secondary N) is 2. The van der Waals surface area contributed by atoms with Crippen LogP contribution in [0.25, 0.3) is 0 Å². The average molecular weight is 424 g/mol. The average Bonchev–Trinajstić information content (AvgIpc) is 3.29. The van der Waals surface area contributed by atoms with E-state index in [2.05, 4.69) is 25.6 Å². The van der Waals surface area contributed by atoms with Crippen molar-refractivity contribution in [3.63, 3.8) is 0 Å². The quantitative estimate of drug-likeness (QED) is 0.602. The second-order valence-electron chi connectivity index (χ2n) is 6.63. The zero-order valence-corrected chi connectivity index (χ0v) is 17.1. The Labute approximate surface area is 177 Å². The highest BCUT2D eigenvalue weighted by atomic mass is 32.1. The fraction of sp³-hybridized carbons (Fsp3) is 0.250. The maximum Gasteiger partial charge on any atom is 0.312 e. The molecule has 1 aliphatic heterocycles. The van der Waals surface area contributed by atoms with Crippen molar-refractivity contribution in [2.45, 2.75) is 19.5 Å². The van der Waals surface area contributed by atoms with Crippen LogP contribution in [0.2, 0.25) is 0 Å². The molecule has 0 aromatic carbocycles. The molecule has 0 fully saturated rings. The van der Waals surface area contributed by atoms with Gasteiger partial charge in [-0.15, -0.1) is 11.3 Å². The van der Waals surface area contributed by atoms with Crippen molar-refractivity contribution in [1.82, 2.24) is 25.2 Å². The summed E-state index contributed by atoms with van der Waals surface area (Å²) < 4.78 is 5.01. The van der Waals surface area contributed by atoms with Crippen LogP contribution < -0.4 is 15.4 Å². The van der Waals surface area contributed by atoms with Crippen molar-refractivity contribution >= 4 is 34.1 Å². The zero-order chi connectivity index (χ0) is 20.9. The van der Waals surface area contributed by atoms with Crippen molar-refractivity contribution < 1.29 is 14.3 Å². The third-order valence-electron chi connectivity index (χ3n) is 4.67. The van der Waals surface area contributed by atoms with Crippen LogP contribution in [-0.2, 0) is 29.1 Å². The molecule has 0 spiro atoms. The van der Waals surface area contributed by atoms with E-state index in [9.17, 15) is 9.59 Å². The summed E-state index contributed by atoms with van der Waals surface area (Å²) in [6, 6.07) is 7.38. The molecule has 4 rings (SSSR count). The summed E-state index contributed by atoms with van der Waals surface area (Å²) in [4.78, 5) is 39.3. The minimum absolute atomic E-state index is 0.214. The van der Waals surface area contributed by atoms with E-state index in [4.69, 9.17) is 4.74 Å². The number of methoxy groups -OCH3 is 1. The van der Waals surface area contributed by atoms with Crippen molar-refractivity contribution in [3.8, 4) is 5.88 Å². The monoisotopic (exact) mass is 424 g/mol. The zero-order valence-electron chi connectivity index (χ0n) is 16.3. The molecular formula is C20H20N6O3S. The van der Waals surface area contributed by atoms with Crippen molar-refractivity contribution in [2.24, 2.45) is 0 Å². The molecule has 2 amide bonds. The number of fused-ring (bicyclic) bond motifs is 1. The number of hydrogen-bond donors (Lipinski definition) is 2. The third-order valence-corrected chi connectivity index (χ3v) is 5.36. The Morgan fingerprint density at radius 3 is 2.87 bits per heavy atom. The van der Waals surface area contributed by atoms with Gasteiger partial charge in [0.25, 0.3) is 0 Å². The molecule has 0 atom stereocenters. The first-order valence-electron chi connectivity index (χ1n) is 9.33. The summed E-state index contributed by atoms with van der Waals surface area (Å²) >= 11 is 1.48. The number of hydrogen-bond acceptors (Lipinski definition) is 8. The predicted molar refractivity (Wildman–Crippen MR) is 111 cm³/mol. The van der Waals surface area contributed by atoms with Gasteiger partial charge in [-0.25, -0.2) is 15.0 Å². The summed E-state index contributed by atoms with van der Waals surface area (Å²) in [7, 11) is 1.53. The Balaban J connectivity index is 1.36. The molecule has 0 bridgehead atoms. The fourth-order valence-corrected chi connectivity index (χ4v) is 3.62. The molecule has 10 heteroatoms. The van der Waals surface area contributed by atoms with E-state index in [1.807, 2.05) is 17.5 Å². The molecule has 2 N–H and O–H groups in total. The molecule has 3 aromatic rings. The smallest absolute Gasteiger partial charge is 0.312 e. The van der Waals surface area contributed by atoms with Crippen molar-refractivity contribution in [2.75, 3.05) is 19.0 Å². The molecule has 9 nitrogen and oxygen atoms in total. The van der Waals surface area contributed by atoms with E-state index in [1.165, 1.54) is 23.3 Å². The number of anilines is 2. The Bertz CT molecular complexity index is 1040. The second-order valence-corrected chi connectivity index (χ2v) is 7.53. The highest BCUT2D eigenvalue weighted by Crippen LogP contribution is 2.22. The summed E-state index contributed by atoms with van der Waals surface area (Å²) in [6.45, 7) is 0.982. The first-order valence-corrected chi connectivity index (χ1v) is 10.2. The number of ether oxygens (including phenoxy) is 1. The first kappa shape index (κ1) is 19.8. The van der Waals surface area contributed by atoms with E-state index < -0.39 is 11.8 Å². The van der Waals surface area contributed by atoms with Crippen molar-refractivity contribution in [3.05, 3.63) is 58.9 Å². The summed E-state index contributed by atoms with van der Waals surface area (Å²) in [5.74, 6) is -0.0626. The molecule has 0 aliphatic carbocycles. The van der Waals surface area contributed by atoms with Crippen LogP contribution >= 0.6 is 11.3 Å². The van der Waals surface area contributed by atoms with Gasteiger partial charge in [0.15, 0.2) is 5.13 Å². The Kier molecular flexibility index (Phi) is 5.84. The summed E-state index contributed by atoms with van der Waals surface area (Å²) in [5.41, 5.74) is 2.64. The van der Waals surface area contributed by atoms with E-state index in [1.54, 1.807) is 24.5 Å². The van der Waals surface area contributed by atoms with Gasteiger partial charge in [0.05, 0.1) is 19.3 Å². The van der Waals surface area contributed by atoms with Gasteiger partial charge < -0.3 is 20.3 Å². The third kappa shape index (κ3) is 4.54. The maximum atomic E-state index is 12.6. The van der Waals surface area contributed by atoms with E-state index >= 15 is 0 Å². The van der Waals surface area contributed by atoms with Gasteiger partial charge >= 0.3 is 11.8 Å². The van der Waals surface area contributed by atoms with Crippen LogP contribution in [0.3, 0.4) is 0 Å². The number of carbonyl (C=O) groups excluding carboxylic acids is 2. The molecule has 3 aromatic heterocycles. The molecule has 1 aliphatic rings. The summed E-state index contributed by atoms with van der Waals surface area (Å²) in [6.07, 6.45) is 3.97. The number of pyridine rings is 2. The molecule has 0 radical (unpaired) electrons. The number of aromatic nitrogens is 3. The largest absolute Gasteiger partial charge is 0.481 e. The molecule has 0 saturated carbocycles. The highest BCUT2D eigenvalue weighted by Gasteiger charge is 2.26. The van der Waals surface area contributed by atoms with Gasteiger partial charge in [-0.3, -0.25) is 9.59 Å². The minimum atomic E-state index is -0.647. The van der Waals surface area contributed by atoms with Crippen LogP contribution in [0.4, 0.5) is 10.9 Å². The Morgan fingerprint density at radius 1 is 1.23 bits per heavy atom. The number of carbonyl (C=O) groups is 2. The van der Waals surface area contributed by atoms with Gasteiger partial charge in [0, 0.05) is 36.9 Å². The standard InChI is InChI=1S/C20H20N6O3S/c1-29-17-5-2-13(10-22-17)11-23-18(27)19(28)26-8-6-14-3-4-16(24-15(14)12-26)25-20-21-7-9-30-20/h2-5,7,9-10H,6,8,11-12H2,1H3,(H,23,27)(H,21,24,25). The number of nitrogens with zero attached hydrogens (tertiary/aromatic N) is 4. The number of thiazole rings is 1. The van der Waals surface area contributed by atoms with Gasteiger partial charge in [0.1, 0.15) is 5.82 Å². The fourth-order valence-electron chi connectivity index (χ4n) is 3.09. The lowest BCUT2D eigenvalue weighted by Crippen LogP contribution is -2.45. The van der Waals surface area contributed by atoms with E-state index in [-0.39, 0.29) is 6.54 Å². The molecule has 30 heavy (non-hydrogen) atoms. The lowest BCUT2D eigenvalue weighted by atomic mass is 10.0. The van der Waals surface area contributed by atoms with E-state index in [0.717, 1.165) is 22.0 Å². The lowest BCUT2D eigenvalue weighted by Gasteiger charge is -2.27. The summed E-state index contributed by atoms with van der Waals surface area (Å²) in [5, 5.41) is 8.42. The highest BCUT2D eigenvalue weighted by molar-refractivity contribution is 7.13. The van der Waals surface area contributed by atoms with Gasteiger partial charge in [-0.2, -0.15) is 0 Å². The maximum absolute atomic E-state index is 12.6. The van der Waals surface area contributed by atoms with Gasteiger partial charge in [-0.05, 0) is 23.6 Å². The lowest BCUT2D eigenvalue weighted by molar-refractivity contribution is -0.146. The molecule has 154 valence electrons. The minimum Gasteiger partial charge on any atom is -0.481 e. The molecular weight excluding hydrogens is 404 g/mol. The van der Waals surface area contributed by atoms with Crippen LogP contribution in [0.5, 0.6) is 5.88 Å².